The van der Waals surface area contributed by atoms with E-state index in [9.17, 15) is 26.3 Å². The molecular formula is C16H10Cl2F6N2. The Labute approximate surface area is 154 Å². The molecule has 0 heterocycles. The number of halogens is 8. The number of nitrogens with zero attached hydrogens (tertiary/aromatic N) is 1. The lowest BCUT2D eigenvalue weighted by Gasteiger charge is -2.13. The molecular weight excluding hydrogens is 405 g/mol. The third-order valence-corrected chi connectivity index (χ3v) is 3.81. The van der Waals surface area contributed by atoms with Crippen molar-refractivity contribution in [3.63, 3.8) is 0 Å². The minimum Gasteiger partial charge on any atom is -0.344 e. The third-order valence-electron chi connectivity index (χ3n) is 3.15. The summed E-state index contributed by atoms with van der Waals surface area (Å²) in [5.41, 5.74) is -2.12. The number of amidine groups is 1. The molecule has 0 saturated carbocycles. The first kappa shape index (κ1) is 20.4. The van der Waals surface area contributed by atoms with Gasteiger partial charge in [-0.05, 0) is 43.3 Å². The third kappa shape index (κ3) is 5.04. The molecule has 0 saturated heterocycles. The van der Waals surface area contributed by atoms with Crippen LogP contribution in [0.4, 0.5) is 37.7 Å². The van der Waals surface area contributed by atoms with Crippen LogP contribution in [0.15, 0.2) is 41.4 Å². The second-order valence-electron chi connectivity index (χ2n) is 5.18. The zero-order valence-corrected chi connectivity index (χ0v) is 14.4. The Morgan fingerprint density at radius 2 is 1.35 bits per heavy atom. The van der Waals surface area contributed by atoms with Crippen molar-refractivity contribution < 1.29 is 26.3 Å². The van der Waals surface area contributed by atoms with E-state index in [2.05, 4.69) is 10.3 Å². The predicted octanol–water partition coefficient (Wildman–Crippen LogP) is 7.19. The summed E-state index contributed by atoms with van der Waals surface area (Å²) in [6, 6.07) is 6.18. The molecule has 10 heteroatoms. The van der Waals surface area contributed by atoms with Gasteiger partial charge in [0, 0.05) is 5.69 Å². The Bertz CT molecular complexity index is 844. The Hall–Kier alpha value is -1.93. The van der Waals surface area contributed by atoms with E-state index in [0.29, 0.717) is 0 Å². The second kappa shape index (κ2) is 7.36. The van der Waals surface area contributed by atoms with Crippen LogP contribution >= 0.6 is 23.2 Å². The second-order valence-corrected chi connectivity index (χ2v) is 5.99. The molecule has 0 radical (unpaired) electrons. The molecule has 2 nitrogen and oxygen atoms in total. The summed E-state index contributed by atoms with van der Waals surface area (Å²) in [6.07, 6.45) is -9.29. The maximum Gasteiger partial charge on any atom is 0.417 e. The summed E-state index contributed by atoms with van der Waals surface area (Å²) >= 11 is 11.0. The van der Waals surface area contributed by atoms with Crippen LogP contribution in [0.1, 0.15) is 18.1 Å². The summed E-state index contributed by atoms with van der Waals surface area (Å²) in [5.74, 6) is 0.0795. The molecule has 0 aliphatic carbocycles. The number of anilines is 1. The first-order valence-corrected chi connectivity index (χ1v) is 7.69. The first-order valence-electron chi connectivity index (χ1n) is 6.94. The highest BCUT2D eigenvalue weighted by atomic mass is 35.5. The van der Waals surface area contributed by atoms with Gasteiger partial charge in [-0.3, -0.25) is 0 Å². The van der Waals surface area contributed by atoms with E-state index in [4.69, 9.17) is 23.2 Å². The summed E-state index contributed by atoms with van der Waals surface area (Å²) in [7, 11) is 0. The molecule has 140 valence electrons. The summed E-state index contributed by atoms with van der Waals surface area (Å²) in [4.78, 5) is 3.92. The lowest BCUT2D eigenvalue weighted by molar-refractivity contribution is -0.138. The molecule has 0 spiro atoms. The highest BCUT2D eigenvalue weighted by Gasteiger charge is 2.34. The zero-order chi connectivity index (χ0) is 19.7. The van der Waals surface area contributed by atoms with E-state index in [1.54, 1.807) is 0 Å². The zero-order valence-electron chi connectivity index (χ0n) is 12.9. The van der Waals surface area contributed by atoms with E-state index in [1.165, 1.54) is 19.1 Å². The van der Waals surface area contributed by atoms with Gasteiger partial charge >= 0.3 is 12.4 Å². The van der Waals surface area contributed by atoms with Crippen LogP contribution in [0, 0.1) is 0 Å². The summed E-state index contributed by atoms with van der Waals surface area (Å²) in [6.45, 7) is 1.39. The number of alkyl halides is 6. The van der Waals surface area contributed by atoms with Crippen LogP contribution in [-0.4, -0.2) is 5.84 Å². The molecule has 2 aromatic rings. The Balaban J connectivity index is 2.30. The average molecular weight is 415 g/mol. The lowest BCUT2D eigenvalue weighted by Crippen LogP contribution is -2.10. The van der Waals surface area contributed by atoms with Crippen molar-refractivity contribution in [1.29, 1.82) is 0 Å². The van der Waals surface area contributed by atoms with Gasteiger partial charge in [-0.2, -0.15) is 26.3 Å². The van der Waals surface area contributed by atoms with Crippen molar-refractivity contribution in [3.05, 3.63) is 57.6 Å². The Morgan fingerprint density at radius 3 is 1.88 bits per heavy atom. The standard InChI is InChI=1S/C16H10Cl2F6N2/c1-8(25-9-2-4-13(17)11(6-9)15(19,20)21)26-10-3-5-14(18)12(7-10)16(22,23)24/h2-7H,1H3,(H,25,26). The largest absolute Gasteiger partial charge is 0.417 e. The van der Waals surface area contributed by atoms with Crippen LogP contribution in [0.3, 0.4) is 0 Å². The normalized spacial score (nSPS) is 13.0. The maximum absolute atomic E-state index is 12.8. The SMILES string of the molecule is CC(=Nc1ccc(Cl)c(C(F)(F)F)c1)Nc1ccc(Cl)c(C(F)(F)F)c1. The minimum atomic E-state index is -4.65. The molecule has 0 atom stereocenters. The average Bonchev–Trinajstić information content (AvgIpc) is 2.49. The van der Waals surface area contributed by atoms with Gasteiger partial charge in [-0.25, -0.2) is 4.99 Å². The molecule has 0 fully saturated rings. The van der Waals surface area contributed by atoms with Gasteiger partial charge in [0.05, 0.1) is 26.9 Å². The van der Waals surface area contributed by atoms with Gasteiger partial charge in [0.2, 0.25) is 0 Å². The van der Waals surface area contributed by atoms with Crippen LogP contribution < -0.4 is 5.32 Å². The van der Waals surface area contributed by atoms with Gasteiger partial charge in [0.15, 0.2) is 0 Å². The molecule has 0 unspecified atom stereocenters. The number of aliphatic imine (C=N–C) groups is 1. The highest BCUT2D eigenvalue weighted by Crippen LogP contribution is 2.37. The number of nitrogens with one attached hydrogen (secondary N) is 1. The fourth-order valence-electron chi connectivity index (χ4n) is 2.05. The number of rotatable bonds is 2. The Morgan fingerprint density at radius 1 is 0.846 bits per heavy atom. The summed E-state index contributed by atoms with van der Waals surface area (Å²) < 4.78 is 77.1. The van der Waals surface area contributed by atoms with Crippen molar-refractivity contribution in [2.75, 3.05) is 5.32 Å². The number of hydrogen-bond donors (Lipinski definition) is 1. The van der Waals surface area contributed by atoms with Crippen molar-refractivity contribution >= 4 is 40.4 Å². The monoisotopic (exact) mass is 414 g/mol. The van der Waals surface area contributed by atoms with Gasteiger partial charge in [0.25, 0.3) is 0 Å². The molecule has 2 aromatic carbocycles. The van der Waals surface area contributed by atoms with Crippen LogP contribution in [0.5, 0.6) is 0 Å². The number of benzene rings is 2. The number of hydrogen-bond acceptors (Lipinski definition) is 1. The molecule has 0 aliphatic rings. The van der Waals surface area contributed by atoms with E-state index in [-0.39, 0.29) is 17.2 Å². The maximum atomic E-state index is 12.8. The molecule has 1 N–H and O–H groups in total. The fourth-order valence-corrected chi connectivity index (χ4v) is 2.50. The van der Waals surface area contributed by atoms with Gasteiger partial charge in [-0.1, -0.05) is 23.2 Å². The fraction of sp³-hybridized carbons (Fsp3) is 0.188. The van der Waals surface area contributed by atoms with Gasteiger partial charge in [0.1, 0.15) is 5.84 Å². The van der Waals surface area contributed by atoms with Gasteiger partial charge < -0.3 is 5.32 Å². The molecule has 0 amide bonds. The van der Waals surface area contributed by atoms with E-state index < -0.39 is 33.5 Å². The molecule has 26 heavy (non-hydrogen) atoms. The van der Waals surface area contributed by atoms with Crippen LogP contribution in [0.25, 0.3) is 0 Å². The topological polar surface area (TPSA) is 24.4 Å². The van der Waals surface area contributed by atoms with E-state index in [0.717, 1.165) is 24.3 Å². The van der Waals surface area contributed by atoms with Crippen LogP contribution in [0.2, 0.25) is 10.0 Å². The van der Waals surface area contributed by atoms with Crippen molar-refractivity contribution in [3.8, 4) is 0 Å². The summed E-state index contributed by atoms with van der Waals surface area (Å²) in [5, 5.41) is 1.64. The molecule has 0 aromatic heterocycles. The highest BCUT2D eigenvalue weighted by molar-refractivity contribution is 6.31. The molecule has 0 bridgehead atoms. The van der Waals surface area contributed by atoms with Gasteiger partial charge in [-0.15, -0.1) is 0 Å². The quantitative estimate of drug-likeness (QED) is 0.313. The van der Waals surface area contributed by atoms with Crippen LogP contribution in [-0.2, 0) is 12.4 Å². The van der Waals surface area contributed by atoms with Crippen molar-refractivity contribution in [2.45, 2.75) is 19.3 Å². The van der Waals surface area contributed by atoms with E-state index in [1.807, 2.05) is 0 Å². The smallest absolute Gasteiger partial charge is 0.344 e. The predicted molar refractivity (Wildman–Crippen MR) is 89.3 cm³/mol. The minimum absolute atomic E-state index is 0.0352. The molecule has 2 rings (SSSR count). The van der Waals surface area contributed by atoms with Crippen molar-refractivity contribution in [2.24, 2.45) is 4.99 Å². The lowest BCUT2D eigenvalue weighted by atomic mass is 10.2. The van der Waals surface area contributed by atoms with Crippen molar-refractivity contribution in [1.82, 2.24) is 0 Å². The first-order chi connectivity index (χ1) is 11.9. The Kier molecular flexibility index (Phi) is 5.77. The molecule has 0 aliphatic heterocycles. The van der Waals surface area contributed by atoms with E-state index >= 15 is 0 Å².